The second-order valence-electron chi connectivity index (χ2n) is 5.11. The number of aryl methyl sites for hydroxylation is 1. The van der Waals surface area contributed by atoms with Crippen molar-refractivity contribution in [3.05, 3.63) is 60.0 Å². The van der Waals surface area contributed by atoms with E-state index >= 15 is 0 Å². The van der Waals surface area contributed by atoms with E-state index in [1.807, 2.05) is 60.1 Å². The van der Waals surface area contributed by atoms with Gasteiger partial charge in [0.1, 0.15) is 5.75 Å². The van der Waals surface area contributed by atoms with Gasteiger partial charge < -0.3 is 14.5 Å². The summed E-state index contributed by atoms with van der Waals surface area (Å²) in [7, 11) is 1.62. The molecule has 1 aromatic carbocycles. The molecule has 0 spiro atoms. The number of rotatable bonds is 4. The van der Waals surface area contributed by atoms with E-state index in [1.165, 1.54) is 0 Å². The number of ether oxygens (including phenoxy) is 1. The van der Waals surface area contributed by atoms with Crippen molar-refractivity contribution in [3.63, 3.8) is 0 Å². The van der Waals surface area contributed by atoms with E-state index in [1.54, 1.807) is 7.11 Å². The summed E-state index contributed by atoms with van der Waals surface area (Å²) in [6.07, 6.45) is 4.15. The number of anilines is 1. The Balaban J connectivity index is 1.75. The van der Waals surface area contributed by atoms with E-state index in [0.717, 1.165) is 22.7 Å². The highest BCUT2D eigenvalue weighted by Gasteiger charge is 2.09. The molecule has 0 atom stereocenters. The number of benzene rings is 1. The van der Waals surface area contributed by atoms with E-state index in [4.69, 9.17) is 4.74 Å². The predicted molar refractivity (Wildman–Crippen MR) is 85.3 cm³/mol. The summed E-state index contributed by atoms with van der Waals surface area (Å²) in [5, 5.41) is 2.92. The fraction of sp³-hybridized carbons (Fsp3) is 0.176. The number of pyridine rings is 1. The summed E-state index contributed by atoms with van der Waals surface area (Å²) in [4.78, 5) is 16.6. The van der Waals surface area contributed by atoms with Crippen LogP contribution < -0.4 is 10.1 Å². The summed E-state index contributed by atoms with van der Waals surface area (Å²) in [5.74, 6) is 0.709. The van der Waals surface area contributed by atoms with Gasteiger partial charge in [0, 0.05) is 12.4 Å². The van der Waals surface area contributed by atoms with Crippen LogP contribution in [0.4, 0.5) is 5.69 Å². The minimum atomic E-state index is -0.0704. The molecule has 0 radical (unpaired) electrons. The zero-order valence-electron chi connectivity index (χ0n) is 12.5. The van der Waals surface area contributed by atoms with Crippen LogP contribution in [-0.4, -0.2) is 22.4 Å². The number of nitrogens with zero attached hydrogens (tertiary/aromatic N) is 2. The van der Waals surface area contributed by atoms with Crippen molar-refractivity contribution in [3.8, 4) is 5.75 Å². The Morgan fingerprint density at radius 1 is 1.27 bits per heavy atom. The third kappa shape index (κ3) is 2.93. The molecule has 2 heterocycles. The molecule has 0 fully saturated rings. The molecule has 0 saturated heterocycles. The molecule has 0 bridgehead atoms. The Labute approximate surface area is 128 Å². The standard InChI is InChI=1S/C17H17N3O2/c1-12-11-20-9-3-4-15(17(20)18-12)19-16(21)10-13-5-7-14(22-2)8-6-13/h3-9,11H,10H2,1-2H3,(H,19,21). The van der Waals surface area contributed by atoms with Crippen LogP contribution in [0.15, 0.2) is 48.8 Å². The van der Waals surface area contributed by atoms with E-state index in [-0.39, 0.29) is 5.91 Å². The minimum Gasteiger partial charge on any atom is -0.497 e. The monoisotopic (exact) mass is 295 g/mol. The molecule has 3 aromatic rings. The van der Waals surface area contributed by atoms with E-state index in [9.17, 15) is 4.79 Å². The second-order valence-corrected chi connectivity index (χ2v) is 5.11. The van der Waals surface area contributed by atoms with Crippen molar-refractivity contribution >= 4 is 17.2 Å². The SMILES string of the molecule is COc1ccc(CC(=O)Nc2cccn3cc(C)nc23)cc1. The zero-order chi connectivity index (χ0) is 15.5. The maximum Gasteiger partial charge on any atom is 0.228 e. The van der Waals surface area contributed by atoms with E-state index in [0.29, 0.717) is 12.1 Å². The first-order chi connectivity index (χ1) is 10.7. The van der Waals surface area contributed by atoms with Gasteiger partial charge in [-0.15, -0.1) is 0 Å². The maximum atomic E-state index is 12.2. The summed E-state index contributed by atoms with van der Waals surface area (Å²) in [5.41, 5.74) is 3.32. The third-order valence-corrected chi connectivity index (χ3v) is 3.40. The molecule has 2 aromatic heterocycles. The lowest BCUT2D eigenvalue weighted by Gasteiger charge is -2.07. The molecular weight excluding hydrogens is 278 g/mol. The van der Waals surface area contributed by atoms with Gasteiger partial charge >= 0.3 is 0 Å². The number of imidazole rings is 1. The fourth-order valence-electron chi connectivity index (χ4n) is 2.36. The molecule has 22 heavy (non-hydrogen) atoms. The number of methoxy groups -OCH3 is 1. The number of fused-ring (bicyclic) bond motifs is 1. The Bertz CT molecular complexity index is 806. The molecule has 5 heteroatoms. The highest BCUT2D eigenvalue weighted by Crippen LogP contribution is 2.17. The predicted octanol–water partition coefficient (Wildman–Crippen LogP) is 2.83. The molecular formula is C17H17N3O2. The van der Waals surface area contributed by atoms with Crippen LogP contribution in [0.5, 0.6) is 5.75 Å². The Morgan fingerprint density at radius 3 is 2.77 bits per heavy atom. The first kappa shape index (κ1) is 14.1. The van der Waals surface area contributed by atoms with Gasteiger partial charge in [0.2, 0.25) is 5.91 Å². The van der Waals surface area contributed by atoms with Crippen molar-refractivity contribution in [2.24, 2.45) is 0 Å². The van der Waals surface area contributed by atoms with Gasteiger partial charge in [-0.2, -0.15) is 0 Å². The molecule has 0 aliphatic carbocycles. The van der Waals surface area contributed by atoms with Gasteiger partial charge in [-0.1, -0.05) is 12.1 Å². The van der Waals surface area contributed by atoms with E-state index in [2.05, 4.69) is 10.3 Å². The molecule has 0 unspecified atom stereocenters. The average molecular weight is 295 g/mol. The lowest BCUT2D eigenvalue weighted by Crippen LogP contribution is -2.15. The molecule has 0 aliphatic rings. The van der Waals surface area contributed by atoms with Gasteiger partial charge in [-0.25, -0.2) is 4.98 Å². The third-order valence-electron chi connectivity index (χ3n) is 3.40. The van der Waals surface area contributed by atoms with Crippen LogP contribution in [0.1, 0.15) is 11.3 Å². The van der Waals surface area contributed by atoms with Gasteiger partial charge in [0.25, 0.3) is 0 Å². The van der Waals surface area contributed by atoms with Crippen LogP contribution in [0, 0.1) is 6.92 Å². The van der Waals surface area contributed by atoms with Crippen LogP contribution >= 0.6 is 0 Å². The normalized spacial score (nSPS) is 10.6. The molecule has 0 saturated carbocycles. The van der Waals surface area contributed by atoms with Crippen molar-refractivity contribution in [1.29, 1.82) is 0 Å². The summed E-state index contributed by atoms with van der Waals surface area (Å²) < 4.78 is 7.01. The number of amides is 1. The first-order valence-electron chi connectivity index (χ1n) is 7.03. The Morgan fingerprint density at radius 2 is 2.05 bits per heavy atom. The van der Waals surface area contributed by atoms with Crippen molar-refractivity contribution in [2.45, 2.75) is 13.3 Å². The van der Waals surface area contributed by atoms with Gasteiger partial charge in [-0.05, 0) is 36.8 Å². The second kappa shape index (κ2) is 5.89. The molecule has 112 valence electrons. The number of carbonyl (C=O) groups excluding carboxylic acids is 1. The highest BCUT2D eigenvalue weighted by molar-refractivity contribution is 5.95. The molecule has 5 nitrogen and oxygen atoms in total. The summed E-state index contributed by atoms with van der Waals surface area (Å²) in [6.45, 7) is 1.93. The molecule has 1 amide bonds. The highest BCUT2D eigenvalue weighted by atomic mass is 16.5. The summed E-state index contributed by atoms with van der Waals surface area (Å²) in [6, 6.07) is 11.2. The number of hydrogen-bond acceptors (Lipinski definition) is 3. The van der Waals surface area contributed by atoms with Crippen LogP contribution in [-0.2, 0) is 11.2 Å². The molecule has 0 aliphatic heterocycles. The van der Waals surface area contributed by atoms with Crippen molar-refractivity contribution in [1.82, 2.24) is 9.38 Å². The lowest BCUT2D eigenvalue weighted by molar-refractivity contribution is -0.115. The number of nitrogens with one attached hydrogen (secondary N) is 1. The topological polar surface area (TPSA) is 55.6 Å². The quantitative estimate of drug-likeness (QED) is 0.805. The van der Waals surface area contributed by atoms with Gasteiger partial charge in [-0.3, -0.25) is 4.79 Å². The molecule has 1 N–H and O–H groups in total. The van der Waals surface area contributed by atoms with Crippen molar-refractivity contribution in [2.75, 3.05) is 12.4 Å². The lowest BCUT2D eigenvalue weighted by atomic mass is 10.1. The fourth-order valence-corrected chi connectivity index (χ4v) is 2.36. The smallest absolute Gasteiger partial charge is 0.228 e. The van der Waals surface area contributed by atoms with E-state index < -0.39 is 0 Å². The Hall–Kier alpha value is -2.82. The average Bonchev–Trinajstić information content (AvgIpc) is 2.89. The van der Waals surface area contributed by atoms with Gasteiger partial charge in [0.15, 0.2) is 5.65 Å². The number of carbonyl (C=O) groups is 1. The van der Waals surface area contributed by atoms with Crippen molar-refractivity contribution < 1.29 is 9.53 Å². The number of hydrogen-bond donors (Lipinski definition) is 1. The Kier molecular flexibility index (Phi) is 3.78. The largest absolute Gasteiger partial charge is 0.497 e. The zero-order valence-corrected chi connectivity index (χ0v) is 12.5. The number of aromatic nitrogens is 2. The van der Waals surface area contributed by atoms with Crippen LogP contribution in [0.25, 0.3) is 5.65 Å². The van der Waals surface area contributed by atoms with Crippen LogP contribution in [0.3, 0.4) is 0 Å². The summed E-state index contributed by atoms with van der Waals surface area (Å²) >= 11 is 0. The maximum absolute atomic E-state index is 12.2. The first-order valence-corrected chi connectivity index (χ1v) is 7.03. The van der Waals surface area contributed by atoms with Crippen LogP contribution in [0.2, 0.25) is 0 Å². The molecule has 3 rings (SSSR count). The minimum absolute atomic E-state index is 0.0704. The van der Waals surface area contributed by atoms with Gasteiger partial charge in [0.05, 0.1) is 24.9 Å².